The van der Waals surface area contributed by atoms with E-state index >= 15 is 0 Å². The van der Waals surface area contributed by atoms with Crippen LogP contribution in [0.2, 0.25) is 0 Å². The Labute approximate surface area is 157 Å². The van der Waals surface area contributed by atoms with Gasteiger partial charge >= 0.3 is 0 Å². The van der Waals surface area contributed by atoms with Gasteiger partial charge in [-0.3, -0.25) is 14.5 Å². The first-order valence-corrected chi connectivity index (χ1v) is 9.40. The number of amides is 2. The summed E-state index contributed by atoms with van der Waals surface area (Å²) in [5, 5.41) is 3.09. The van der Waals surface area contributed by atoms with Crippen molar-refractivity contribution < 1.29 is 9.59 Å². The highest BCUT2D eigenvalue weighted by atomic mass is 16.2. The molecule has 0 aromatic heterocycles. The second-order valence-electron chi connectivity index (χ2n) is 7.20. The van der Waals surface area contributed by atoms with Gasteiger partial charge in [-0.05, 0) is 45.0 Å². The van der Waals surface area contributed by atoms with Crippen molar-refractivity contribution in [1.29, 1.82) is 0 Å². The number of benzene rings is 1. The topological polar surface area (TPSA) is 55.9 Å². The predicted octanol–water partition coefficient (Wildman–Crippen LogP) is 1.35. The summed E-state index contributed by atoms with van der Waals surface area (Å²) in [7, 11) is 5.95. The lowest BCUT2D eigenvalue weighted by Gasteiger charge is -2.26. The molecule has 2 amide bonds. The third-order valence-corrected chi connectivity index (χ3v) is 5.09. The zero-order valence-electron chi connectivity index (χ0n) is 16.7. The highest BCUT2D eigenvalue weighted by molar-refractivity contribution is 5.83. The number of anilines is 1. The lowest BCUT2D eigenvalue weighted by Crippen LogP contribution is -2.44. The van der Waals surface area contributed by atoms with Gasteiger partial charge < -0.3 is 15.1 Å². The first-order chi connectivity index (χ1) is 12.3. The van der Waals surface area contributed by atoms with Crippen molar-refractivity contribution in [1.82, 2.24) is 15.1 Å². The minimum absolute atomic E-state index is 0.0111. The van der Waals surface area contributed by atoms with Gasteiger partial charge in [-0.15, -0.1) is 0 Å². The fourth-order valence-corrected chi connectivity index (χ4v) is 3.51. The van der Waals surface area contributed by atoms with Crippen LogP contribution < -0.4 is 10.2 Å². The summed E-state index contributed by atoms with van der Waals surface area (Å²) < 4.78 is 0. The van der Waals surface area contributed by atoms with Crippen LogP contribution in [-0.4, -0.2) is 74.5 Å². The van der Waals surface area contributed by atoms with Gasteiger partial charge in [-0.25, -0.2) is 0 Å². The molecule has 0 unspecified atom stereocenters. The number of hydrogen-bond acceptors (Lipinski definition) is 4. The van der Waals surface area contributed by atoms with E-state index in [1.54, 1.807) is 0 Å². The summed E-state index contributed by atoms with van der Waals surface area (Å²) >= 11 is 0. The van der Waals surface area contributed by atoms with Crippen LogP contribution in [0.1, 0.15) is 25.8 Å². The zero-order valence-corrected chi connectivity index (χ0v) is 16.7. The third-order valence-electron chi connectivity index (χ3n) is 5.09. The molecular formula is C20H32N4O2. The van der Waals surface area contributed by atoms with Crippen LogP contribution in [0.25, 0.3) is 0 Å². The van der Waals surface area contributed by atoms with E-state index in [4.69, 9.17) is 0 Å². The Hall–Kier alpha value is -2.08. The van der Waals surface area contributed by atoms with Gasteiger partial charge in [0.15, 0.2) is 0 Å². The van der Waals surface area contributed by atoms with Crippen LogP contribution in [0.4, 0.5) is 5.69 Å². The molecule has 0 saturated carbocycles. The molecule has 2 atom stereocenters. The third kappa shape index (κ3) is 4.97. The maximum atomic E-state index is 12.6. The van der Waals surface area contributed by atoms with Crippen LogP contribution in [0, 0.1) is 0 Å². The number of likely N-dealkylation sites (tertiary alicyclic amines) is 1. The summed E-state index contributed by atoms with van der Waals surface area (Å²) in [5.74, 6) is 0.172. The molecule has 6 nitrogen and oxygen atoms in total. The predicted molar refractivity (Wildman–Crippen MR) is 105 cm³/mol. The quantitative estimate of drug-likeness (QED) is 0.798. The Balaban J connectivity index is 1.88. The Morgan fingerprint density at radius 3 is 2.31 bits per heavy atom. The van der Waals surface area contributed by atoms with Gasteiger partial charge in [0.2, 0.25) is 11.8 Å². The molecule has 1 saturated heterocycles. The van der Waals surface area contributed by atoms with E-state index in [9.17, 15) is 9.59 Å². The summed E-state index contributed by atoms with van der Waals surface area (Å²) in [6.45, 7) is 6.15. The molecule has 0 spiro atoms. The monoisotopic (exact) mass is 360 g/mol. The molecule has 2 rings (SSSR count). The lowest BCUT2D eigenvalue weighted by atomic mass is 10.1. The molecule has 1 aromatic rings. The maximum absolute atomic E-state index is 12.6. The van der Waals surface area contributed by atoms with Gasteiger partial charge in [0.05, 0.1) is 12.5 Å². The average molecular weight is 361 g/mol. The minimum Gasteiger partial charge on any atom is -0.378 e. The number of carbonyl (C=O) groups excluding carboxylic acids is 2. The summed E-state index contributed by atoms with van der Waals surface area (Å²) in [6.07, 6.45) is 1.04. The minimum atomic E-state index is -0.139. The second-order valence-corrected chi connectivity index (χ2v) is 7.20. The fraction of sp³-hybridized carbons (Fsp3) is 0.600. The smallest absolute Gasteiger partial charge is 0.239 e. The zero-order chi connectivity index (χ0) is 19.3. The highest BCUT2D eigenvalue weighted by Crippen LogP contribution is 2.19. The molecule has 26 heavy (non-hydrogen) atoms. The second kappa shape index (κ2) is 9.03. The van der Waals surface area contributed by atoms with E-state index in [-0.39, 0.29) is 23.9 Å². The maximum Gasteiger partial charge on any atom is 0.239 e. The van der Waals surface area contributed by atoms with Crippen LogP contribution in [-0.2, 0) is 16.0 Å². The van der Waals surface area contributed by atoms with Crippen molar-refractivity contribution in [2.45, 2.75) is 38.8 Å². The van der Waals surface area contributed by atoms with Gasteiger partial charge in [0.25, 0.3) is 0 Å². The van der Waals surface area contributed by atoms with Crippen molar-refractivity contribution >= 4 is 17.5 Å². The molecule has 1 N–H and O–H groups in total. The molecule has 1 fully saturated rings. The standard InChI is InChI=1S/C20H32N4O2/c1-6-24(7-2)20(26)18-13-16(14-23(18)5)21-19(25)12-15-8-10-17(11-9-15)22(3)4/h8-11,16,18H,6-7,12-14H2,1-5H3,(H,21,25)/t16-,18+/m1/s1. The molecule has 144 valence electrons. The van der Waals surface area contributed by atoms with Crippen molar-refractivity contribution in [3.05, 3.63) is 29.8 Å². The first kappa shape index (κ1) is 20.2. The molecule has 6 heteroatoms. The molecule has 0 bridgehead atoms. The molecule has 1 heterocycles. The fourth-order valence-electron chi connectivity index (χ4n) is 3.51. The molecular weight excluding hydrogens is 328 g/mol. The van der Waals surface area contributed by atoms with Crippen LogP contribution in [0.15, 0.2) is 24.3 Å². The van der Waals surface area contributed by atoms with Crippen molar-refractivity contribution in [3.8, 4) is 0 Å². The average Bonchev–Trinajstić information content (AvgIpc) is 2.96. The number of rotatable bonds is 7. The molecule has 1 aromatic carbocycles. The molecule has 0 radical (unpaired) electrons. The van der Waals surface area contributed by atoms with Crippen molar-refractivity contribution in [2.75, 3.05) is 45.7 Å². The largest absolute Gasteiger partial charge is 0.378 e. The Morgan fingerprint density at radius 2 is 1.77 bits per heavy atom. The number of hydrogen-bond donors (Lipinski definition) is 1. The van der Waals surface area contributed by atoms with E-state index < -0.39 is 0 Å². The number of carbonyl (C=O) groups is 2. The Kier molecular flexibility index (Phi) is 7.03. The van der Waals surface area contributed by atoms with Crippen LogP contribution in [0.3, 0.4) is 0 Å². The summed E-state index contributed by atoms with van der Waals surface area (Å²) in [5.41, 5.74) is 2.11. The number of nitrogens with one attached hydrogen (secondary N) is 1. The normalized spacial score (nSPS) is 20.0. The first-order valence-electron chi connectivity index (χ1n) is 9.40. The van der Waals surface area contributed by atoms with Gasteiger partial charge in [0.1, 0.15) is 0 Å². The van der Waals surface area contributed by atoms with Gasteiger partial charge in [-0.1, -0.05) is 12.1 Å². The number of likely N-dealkylation sites (N-methyl/N-ethyl adjacent to an activating group) is 2. The van der Waals surface area contributed by atoms with E-state index in [0.29, 0.717) is 19.4 Å². The van der Waals surface area contributed by atoms with Gasteiger partial charge in [0, 0.05) is 45.5 Å². The van der Waals surface area contributed by atoms with E-state index in [2.05, 4.69) is 10.2 Å². The van der Waals surface area contributed by atoms with E-state index in [1.807, 2.05) is 69.1 Å². The lowest BCUT2D eigenvalue weighted by molar-refractivity contribution is -0.135. The van der Waals surface area contributed by atoms with Crippen molar-refractivity contribution in [2.24, 2.45) is 0 Å². The molecule has 0 aliphatic carbocycles. The Morgan fingerprint density at radius 1 is 1.15 bits per heavy atom. The van der Waals surface area contributed by atoms with Crippen molar-refractivity contribution in [3.63, 3.8) is 0 Å². The van der Waals surface area contributed by atoms with E-state index in [1.165, 1.54) is 0 Å². The number of nitrogens with zero attached hydrogens (tertiary/aromatic N) is 3. The molecule has 1 aliphatic rings. The Bertz CT molecular complexity index is 611. The van der Waals surface area contributed by atoms with E-state index in [0.717, 1.165) is 24.3 Å². The van der Waals surface area contributed by atoms with Crippen LogP contribution in [0.5, 0.6) is 0 Å². The SMILES string of the molecule is CCN(CC)C(=O)[C@@H]1C[C@@H](NC(=O)Cc2ccc(N(C)C)cc2)CN1C. The summed E-state index contributed by atoms with van der Waals surface area (Å²) in [4.78, 5) is 30.9. The molecule has 1 aliphatic heterocycles. The van der Waals surface area contributed by atoms with Crippen LogP contribution >= 0.6 is 0 Å². The van der Waals surface area contributed by atoms with Gasteiger partial charge in [-0.2, -0.15) is 0 Å². The highest BCUT2D eigenvalue weighted by Gasteiger charge is 2.36. The summed E-state index contributed by atoms with van der Waals surface area (Å²) in [6, 6.07) is 7.90.